The summed E-state index contributed by atoms with van der Waals surface area (Å²) in [6, 6.07) is 0. The van der Waals surface area contributed by atoms with Crippen molar-refractivity contribution in [3.63, 3.8) is 0 Å². The molecule has 0 aliphatic heterocycles. The van der Waals surface area contributed by atoms with E-state index in [0.717, 1.165) is 17.8 Å². The Labute approximate surface area is 89.1 Å². The molecule has 0 amide bonds. The summed E-state index contributed by atoms with van der Waals surface area (Å²) >= 11 is 6.07. The van der Waals surface area contributed by atoms with Gasteiger partial charge in [-0.15, -0.1) is 0 Å². The molecule has 5 heteroatoms. The molecule has 80 valence electrons. The van der Waals surface area contributed by atoms with Gasteiger partial charge >= 0.3 is 0 Å². The summed E-state index contributed by atoms with van der Waals surface area (Å²) in [6.45, 7) is 3.46. The minimum Gasteiger partial charge on any atom is -0.395 e. The van der Waals surface area contributed by atoms with Crippen LogP contribution >= 0.6 is 11.6 Å². The lowest BCUT2D eigenvalue weighted by atomic mass is 10.2. The molecule has 0 aliphatic rings. The maximum absolute atomic E-state index is 8.76. The highest BCUT2D eigenvalue weighted by Crippen LogP contribution is 2.19. The van der Waals surface area contributed by atoms with Crippen LogP contribution in [0.5, 0.6) is 0 Å². The minimum atomic E-state index is 0.160. The van der Waals surface area contributed by atoms with Gasteiger partial charge in [-0.05, 0) is 14.0 Å². The molecule has 14 heavy (non-hydrogen) atoms. The van der Waals surface area contributed by atoms with Crippen molar-refractivity contribution in [2.75, 3.05) is 20.2 Å². The Kier molecular flexibility index (Phi) is 3.92. The predicted octanol–water partition coefficient (Wildman–Crippen LogP) is 0.806. The number of hydrogen-bond acceptors (Lipinski definition) is 3. The van der Waals surface area contributed by atoms with Crippen molar-refractivity contribution in [3.05, 3.63) is 16.4 Å². The number of likely N-dealkylation sites (N-methyl/N-ethyl adjacent to an activating group) is 1. The van der Waals surface area contributed by atoms with Crippen LogP contribution in [0, 0.1) is 6.92 Å². The second-order valence-corrected chi connectivity index (χ2v) is 3.80. The maximum atomic E-state index is 8.76. The Morgan fingerprint density at radius 1 is 1.57 bits per heavy atom. The highest BCUT2D eigenvalue weighted by Gasteiger charge is 2.12. The number of hydrogen-bond donors (Lipinski definition) is 1. The molecule has 0 aromatic carbocycles. The van der Waals surface area contributed by atoms with E-state index in [2.05, 4.69) is 5.10 Å². The predicted molar refractivity (Wildman–Crippen MR) is 56.4 cm³/mol. The van der Waals surface area contributed by atoms with Gasteiger partial charge < -0.3 is 5.11 Å². The van der Waals surface area contributed by atoms with Crippen LogP contribution in [0.15, 0.2) is 0 Å². The fraction of sp³-hybridized carbons (Fsp3) is 0.667. The number of aryl methyl sites for hydroxylation is 2. The molecule has 4 nitrogen and oxygen atoms in total. The maximum Gasteiger partial charge on any atom is 0.131 e. The molecule has 0 aliphatic carbocycles. The normalized spacial score (nSPS) is 11.3. The van der Waals surface area contributed by atoms with Gasteiger partial charge in [0.15, 0.2) is 0 Å². The molecule has 0 atom stereocenters. The monoisotopic (exact) mass is 217 g/mol. The zero-order chi connectivity index (χ0) is 10.7. The molecule has 1 aromatic heterocycles. The third-order valence-electron chi connectivity index (χ3n) is 2.18. The number of rotatable bonds is 4. The first-order chi connectivity index (χ1) is 6.56. The topological polar surface area (TPSA) is 41.3 Å². The van der Waals surface area contributed by atoms with E-state index >= 15 is 0 Å². The van der Waals surface area contributed by atoms with Gasteiger partial charge in [0.05, 0.1) is 12.3 Å². The van der Waals surface area contributed by atoms with E-state index in [0.29, 0.717) is 11.7 Å². The highest BCUT2D eigenvalue weighted by atomic mass is 35.5. The molecule has 1 heterocycles. The molecule has 0 unspecified atom stereocenters. The van der Waals surface area contributed by atoms with E-state index in [1.165, 1.54) is 0 Å². The molecule has 1 N–H and O–H groups in total. The molecular weight excluding hydrogens is 202 g/mol. The minimum absolute atomic E-state index is 0.160. The standard InChI is InChI=1S/C9H16ClN3O/c1-7-8(6-12(2)4-5-14)9(10)13(3)11-7/h14H,4-6H2,1-3H3. The summed E-state index contributed by atoms with van der Waals surface area (Å²) < 4.78 is 1.67. The van der Waals surface area contributed by atoms with Gasteiger partial charge in [0.2, 0.25) is 0 Å². The Bertz CT molecular complexity index is 311. The molecule has 0 fully saturated rings. The van der Waals surface area contributed by atoms with E-state index in [1.807, 2.05) is 25.9 Å². The van der Waals surface area contributed by atoms with Gasteiger partial charge in [0.1, 0.15) is 5.15 Å². The first-order valence-electron chi connectivity index (χ1n) is 4.53. The van der Waals surface area contributed by atoms with Gasteiger partial charge in [-0.1, -0.05) is 11.6 Å². The number of aliphatic hydroxyl groups excluding tert-OH is 1. The quantitative estimate of drug-likeness (QED) is 0.812. The van der Waals surface area contributed by atoms with E-state index < -0.39 is 0 Å². The Balaban J connectivity index is 2.75. The van der Waals surface area contributed by atoms with Crippen molar-refractivity contribution in [1.82, 2.24) is 14.7 Å². The lowest BCUT2D eigenvalue weighted by molar-refractivity contribution is 0.217. The van der Waals surface area contributed by atoms with Crippen LogP contribution in [0.25, 0.3) is 0 Å². The molecular formula is C9H16ClN3O. The molecule has 1 rings (SSSR count). The molecule has 0 radical (unpaired) electrons. The number of nitrogens with zero attached hydrogens (tertiary/aromatic N) is 3. The lowest BCUT2D eigenvalue weighted by Gasteiger charge is -2.14. The van der Waals surface area contributed by atoms with Crippen molar-refractivity contribution < 1.29 is 5.11 Å². The summed E-state index contributed by atoms with van der Waals surface area (Å²) in [6.07, 6.45) is 0. The number of aromatic nitrogens is 2. The average molecular weight is 218 g/mol. The first-order valence-corrected chi connectivity index (χ1v) is 4.91. The Morgan fingerprint density at radius 3 is 2.64 bits per heavy atom. The third-order valence-corrected chi connectivity index (χ3v) is 2.65. The zero-order valence-electron chi connectivity index (χ0n) is 8.79. The van der Waals surface area contributed by atoms with Crippen molar-refractivity contribution in [1.29, 1.82) is 0 Å². The second kappa shape index (κ2) is 4.77. The number of aliphatic hydroxyl groups is 1. The van der Waals surface area contributed by atoms with Crippen molar-refractivity contribution in [2.24, 2.45) is 7.05 Å². The van der Waals surface area contributed by atoms with Gasteiger partial charge in [-0.2, -0.15) is 5.10 Å². The summed E-state index contributed by atoms with van der Waals surface area (Å²) in [5.41, 5.74) is 1.98. The molecule has 0 saturated carbocycles. The smallest absolute Gasteiger partial charge is 0.131 e. The summed E-state index contributed by atoms with van der Waals surface area (Å²) in [4.78, 5) is 2.01. The summed E-state index contributed by atoms with van der Waals surface area (Å²) in [7, 11) is 3.77. The Morgan fingerprint density at radius 2 is 2.21 bits per heavy atom. The van der Waals surface area contributed by atoms with Crippen molar-refractivity contribution >= 4 is 11.6 Å². The largest absolute Gasteiger partial charge is 0.395 e. The van der Waals surface area contributed by atoms with Crippen LogP contribution in [-0.2, 0) is 13.6 Å². The van der Waals surface area contributed by atoms with E-state index in [4.69, 9.17) is 16.7 Å². The summed E-state index contributed by atoms with van der Waals surface area (Å²) in [5, 5.41) is 13.7. The van der Waals surface area contributed by atoms with E-state index in [-0.39, 0.29) is 6.61 Å². The van der Waals surface area contributed by atoms with Crippen LogP contribution < -0.4 is 0 Å². The van der Waals surface area contributed by atoms with E-state index in [9.17, 15) is 0 Å². The second-order valence-electron chi connectivity index (χ2n) is 3.44. The van der Waals surface area contributed by atoms with Crippen LogP contribution in [0.4, 0.5) is 0 Å². The van der Waals surface area contributed by atoms with Crippen molar-refractivity contribution in [3.8, 4) is 0 Å². The fourth-order valence-electron chi connectivity index (χ4n) is 1.37. The van der Waals surface area contributed by atoms with Crippen LogP contribution in [0.3, 0.4) is 0 Å². The van der Waals surface area contributed by atoms with Gasteiger partial charge in [0.25, 0.3) is 0 Å². The fourth-order valence-corrected chi connectivity index (χ4v) is 1.61. The Hall–Kier alpha value is -0.580. The summed E-state index contributed by atoms with van der Waals surface area (Å²) in [5.74, 6) is 0. The molecule has 0 spiro atoms. The van der Waals surface area contributed by atoms with E-state index in [1.54, 1.807) is 4.68 Å². The molecule has 1 aromatic rings. The average Bonchev–Trinajstić information content (AvgIpc) is 2.33. The lowest BCUT2D eigenvalue weighted by Crippen LogP contribution is -2.21. The highest BCUT2D eigenvalue weighted by molar-refractivity contribution is 6.30. The van der Waals surface area contributed by atoms with Gasteiger partial charge in [0, 0.05) is 25.7 Å². The SMILES string of the molecule is Cc1nn(C)c(Cl)c1CN(C)CCO. The molecule has 0 bridgehead atoms. The molecule has 0 saturated heterocycles. The van der Waals surface area contributed by atoms with Crippen molar-refractivity contribution in [2.45, 2.75) is 13.5 Å². The third kappa shape index (κ3) is 2.47. The first kappa shape index (κ1) is 11.5. The zero-order valence-corrected chi connectivity index (χ0v) is 9.54. The van der Waals surface area contributed by atoms with Gasteiger partial charge in [-0.25, -0.2) is 0 Å². The van der Waals surface area contributed by atoms with Crippen LogP contribution in [0.2, 0.25) is 5.15 Å². The number of halogens is 1. The van der Waals surface area contributed by atoms with Gasteiger partial charge in [-0.3, -0.25) is 9.58 Å². The van der Waals surface area contributed by atoms with Crippen LogP contribution in [-0.4, -0.2) is 40.0 Å². The van der Waals surface area contributed by atoms with Crippen LogP contribution in [0.1, 0.15) is 11.3 Å².